The second kappa shape index (κ2) is 7.32. The summed E-state index contributed by atoms with van der Waals surface area (Å²) in [6, 6.07) is 0. The summed E-state index contributed by atoms with van der Waals surface area (Å²) in [5.41, 5.74) is -0.926. The predicted molar refractivity (Wildman–Crippen MR) is 77.7 cm³/mol. The molecule has 0 saturated carbocycles. The van der Waals surface area contributed by atoms with Gasteiger partial charge in [0.25, 0.3) is 0 Å². The van der Waals surface area contributed by atoms with E-state index in [0.29, 0.717) is 18.0 Å². The van der Waals surface area contributed by atoms with Crippen LogP contribution in [0.4, 0.5) is 13.2 Å². The second-order valence-electron chi connectivity index (χ2n) is 5.62. The van der Waals surface area contributed by atoms with Crippen LogP contribution in [0.1, 0.15) is 20.3 Å². The molecule has 0 aliphatic carbocycles. The van der Waals surface area contributed by atoms with Crippen molar-refractivity contribution in [1.82, 2.24) is 20.0 Å². The summed E-state index contributed by atoms with van der Waals surface area (Å²) in [5, 5.41) is 7.12. The van der Waals surface area contributed by atoms with Crippen molar-refractivity contribution in [1.29, 1.82) is 0 Å². The van der Waals surface area contributed by atoms with E-state index in [1.165, 1.54) is 29.0 Å². The molecule has 0 spiro atoms. The van der Waals surface area contributed by atoms with Crippen molar-refractivity contribution in [2.24, 2.45) is 0 Å². The van der Waals surface area contributed by atoms with Crippen LogP contribution in [0.5, 0.6) is 0 Å². The summed E-state index contributed by atoms with van der Waals surface area (Å²) in [4.78, 5) is 13.3. The van der Waals surface area contributed by atoms with Crippen LogP contribution in [0.25, 0.3) is 0 Å². The van der Waals surface area contributed by atoms with Crippen LogP contribution in [-0.2, 0) is 10.3 Å². The number of hydrogen-bond donors (Lipinski definition) is 1. The molecule has 0 saturated heterocycles. The maximum Gasteiger partial charge on any atom is 0.401 e. The van der Waals surface area contributed by atoms with E-state index in [4.69, 9.17) is 11.6 Å². The van der Waals surface area contributed by atoms with E-state index in [9.17, 15) is 18.0 Å². The Morgan fingerprint density at radius 1 is 1.45 bits per heavy atom. The van der Waals surface area contributed by atoms with Gasteiger partial charge in [-0.3, -0.25) is 14.4 Å². The first-order valence-electron chi connectivity index (χ1n) is 6.76. The molecule has 0 aliphatic heterocycles. The van der Waals surface area contributed by atoms with Gasteiger partial charge in [0.1, 0.15) is 5.54 Å². The highest BCUT2D eigenvalue weighted by molar-refractivity contribution is 6.30. The lowest BCUT2D eigenvalue weighted by Crippen LogP contribution is -2.45. The first kappa shape index (κ1) is 18.8. The average molecular weight is 341 g/mol. The van der Waals surface area contributed by atoms with E-state index in [2.05, 4.69) is 10.4 Å². The van der Waals surface area contributed by atoms with Gasteiger partial charge in [0.05, 0.1) is 17.8 Å². The Bertz CT molecular complexity index is 502. The van der Waals surface area contributed by atoms with Crippen molar-refractivity contribution in [3.8, 4) is 0 Å². The van der Waals surface area contributed by atoms with Crippen LogP contribution in [0.15, 0.2) is 12.4 Å². The molecule has 5 nitrogen and oxygen atoms in total. The summed E-state index contributed by atoms with van der Waals surface area (Å²) >= 11 is 5.77. The molecule has 0 bridgehead atoms. The predicted octanol–water partition coefficient (Wildman–Crippen LogP) is 2.27. The first-order valence-corrected chi connectivity index (χ1v) is 7.14. The molecule has 0 aliphatic rings. The van der Waals surface area contributed by atoms with E-state index < -0.39 is 18.3 Å². The number of alkyl halides is 3. The van der Waals surface area contributed by atoms with E-state index in [1.54, 1.807) is 13.8 Å². The lowest BCUT2D eigenvalue weighted by Gasteiger charge is -2.24. The topological polar surface area (TPSA) is 50.2 Å². The van der Waals surface area contributed by atoms with Crippen molar-refractivity contribution >= 4 is 17.5 Å². The molecule has 0 radical (unpaired) electrons. The standard InChI is InChI=1S/C13H20ClF3N4O/c1-12(2,21-8-10(14)7-19-21)11(22)18-5-4-6-20(3)9-13(15,16)17/h7-8H,4-6,9H2,1-3H3,(H,18,22). The molecule has 0 aromatic carbocycles. The molecule has 22 heavy (non-hydrogen) atoms. The SMILES string of the molecule is CN(CCCNC(=O)C(C)(C)n1cc(Cl)cn1)CC(F)(F)F. The Balaban J connectivity index is 2.37. The fourth-order valence-electron chi connectivity index (χ4n) is 1.86. The van der Waals surface area contributed by atoms with Gasteiger partial charge in [0.2, 0.25) is 5.91 Å². The van der Waals surface area contributed by atoms with E-state index >= 15 is 0 Å². The Hall–Kier alpha value is -1.28. The quantitative estimate of drug-likeness (QED) is 0.775. The van der Waals surface area contributed by atoms with E-state index in [1.807, 2.05) is 0 Å². The minimum atomic E-state index is -4.21. The zero-order chi connectivity index (χ0) is 17.0. The highest BCUT2D eigenvalue weighted by Gasteiger charge is 2.31. The molecule has 1 aromatic heterocycles. The van der Waals surface area contributed by atoms with Crippen LogP contribution in [0.2, 0.25) is 5.02 Å². The number of nitrogens with zero attached hydrogens (tertiary/aromatic N) is 3. The van der Waals surface area contributed by atoms with Gasteiger partial charge in [-0.15, -0.1) is 0 Å². The van der Waals surface area contributed by atoms with Gasteiger partial charge in [0.15, 0.2) is 0 Å². The van der Waals surface area contributed by atoms with Crippen molar-refractivity contribution in [2.45, 2.75) is 32.0 Å². The third-order valence-electron chi connectivity index (χ3n) is 3.13. The zero-order valence-corrected chi connectivity index (χ0v) is 13.5. The maximum atomic E-state index is 12.2. The van der Waals surface area contributed by atoms with Crippen LogP contribution in [0, 0.1) is 0 Å². The molecular formula is C13H20ClF3N4O. The Labute approximate surface area is 132 Å². The van der Waals surface area contributed by atoms with Crippen LogP contribution in [0.3, 0.4) is 0 Å². The molecule has 1 amide bonds. The summed E-state index contributed by atoms with van der Waals surface area (Å²) in [5.74, 6) is -0.272. The molecule has 0 unspecified atom stereocenters. The molecule has 1 rings (SSSR count). The smallest absolute Gasteiger partial charge is 0.354 e. The number of carbonyl (C=O) groups is 1. The van der Waals surface area contributed by atoms with E-state index in [0.717, 1.165) is 0 Å². The van der Waals surface area contributed by atoms with Crippen molar-refractivity contribution in [3.63, 3.8) is 0 Å². The van der Waals surface area contributed by atoms with Gasteiger partial charge < -0.3 is 5.32 Å². The number of nitrogens with one attached hydrogen (secondary N) is 1. The van der Waals surface area contributed by atoms with Gasteiger partial charge in [0, 0.05) is 12.7 Å². The number of hydrogen-bond acceptors (Lipinski definition) is 3. The minimum Gasteiger partial charge on any atom is -0.354 e. The van der Waals surface area contributed by atoms with Crippen LogP contribution in [-0.4, -0.2) is 53.4 Å². The Kier molecular flexibility index (Phi) is 6.25. The number of carbonyl (C=O) groups excluding carboxylic acids is 1. The average Bonchev–Trinajstić information content (AvgIpc) is 2.79. The lowest BCUT2D eigenvalue weighted by molar-refractivity contribution is -0.143. The monoisotopic (exact) mass is 340 g/mol. The fourth-order valence-corrected chi connectivity index (χ4v) is 2.00. The van der Waals surface area contributed by atoms with Crippen LogP contribution >= 0.6 is 11.6 Å². The minimum absolute atomic E-state index is 0.244. The molecule has 0 fully saturated rings. The largest absolute Gasteiger partial charge is 0.401 e. The molecule has 1 N–H and O–H groups in total. The lowest BCUT2D eigenvalue weighted by atomic mass is 10.1. The normalized spacial score (nSPS) is 12.7. The molecule has 0 atom stereocenters. The highest BCUT2D eigenvalue weighted by Crippen LogP contribution is 2.17. The zero-order valence-electron chi connectivity index (χ0n) is 12.7. The number of halogens is 4. The number of amides is 1. The molecule has 9 heteroatoms. The van der Waals surface area contributed by atoms with Crippen molar-refractivity contribution in [3.05, 3.63) is 17.4 Å². The summed E-state index contributed by atoms with van der Waals surface area (Å²) in [6.45, 7) is 2.94. The maximum absolute atomic E-state index is 12.2. The molecule has 1 heterocycles. The third-order valence-corrected chi connectivity index (χ3v) is 3.33. The van der Waals surface area contributed by atoms with Crippen LogP contribution < -0.4 is 5.32 Å². The van der Waals surface area contributed by atoms with Crippen molar-refractivity contribution in [2.75, 3.05) is 26.7 Å². The number of rotatable bonds is 7. The third kappa shape index (κ3) is 5.84. The first-order chi connectivity index (χ1) is 10.0. The van der Waals surface area contributed by atoms with Gasteiger partial charge in [-0.05, 0) is 33.9 Å². The van der Waals surface area contributed by atoms with Crippen molar-refractivity contribution < 1.29 is 18.0 Å². The Morgan fingerprint density at radius 3 is 2.59 bits per heavy atom. The summed E-state index contributed by atoms with van der Waals surface area (Å²) in [6.07, 6.45) is -0.811. The second-order valence-corrected chi connectivity index (χ2v) is 6.06. The Morgan fingerprint density at radius 2 is 2.09 bits per heavy atom. The van der Waals surface area contributed by atoms with Gasteiger partial charge in [-0.1, -0.05) is 11.6 Å². The molecule has 1 aromatic rings. The molecular weight excluding hydrogens is 321 g/mol. The molecule has 126 valence electrons. The summed E-state index contributed by atoms with van der Waals surface area (Å²) in [7, 11) is 1.39. The number of aromatic nitrogens is 2. The van der Waals surface area contributed by atoms with Gasteiger partial charge in [-0.25, -0.2) is 0 Å². The fraction of sp³-hybridized carbons (Fsp3) is 0.692. The summed E-state index contributed by atoms with van der Waals surface area (Å²) < 4.78 is 37.9. The highest BCUT2D eigenvalue weighted by atomic mass is 35.5. The van der Waals surface area contributed by atoms with E-state index in [-0.39, 0.29) is 12.5 Å². The van der Waals surface area contributed by atoms with Gasteiger partial charge in [-0.2, -0.15) is 18.3 Å². The van der Waals surface area contributed by atoms with Gasteiger partial charge >= 0.3 is 6.18 Å².